The second-order valence-electron chi connectivity index (χ2n) is 11.0. The lowest BCUT2D eigenvalue weighted by molar-refractivity contribution is -0.137. The number of nitrogens with zero attached hydrogens (tertiary/aromatic N) is 3. The Morgan fingerprint density at radius 1 is 0.767 bits per heavy atom. The normalized spacial score (nSPS) is 17.9. The minimum absolute atomic E-state index is 0.0812. The Hall–Kier alpha value is -3.98. The van der Waals surface area contributed by atoms with Crippen LogP contribution in [-0.2, 0) is 27.8 Å². The third-order valence-corrected chi connectivity index (χ3v) is 10.3. The summed E-state index contributed by atoms with van der Waals surface area (Å²) in [6.45, 7) is 4.98. The number of hydrogen-bond donors (Lipinski definition) is 0. The van der Waals surface area contributed by atoms with Gasteiger partial charge in [-0.1, -0.05) is 84.9 Å². The van der Waals surface area contributed by atoms with Crippen molar-refractivity contribution < 1.29 is 17.9 Å². The summed E-state index contributed by atoms with van der Waals surface area (Å²) in [4.78, 5) is 18.6. The van der Waals surface area contributed by atoms with E-state index in [4.69, 9.17) is 4.74 Å². The van der Waals surface area contributed by atoms with E-state index < -0.39 is 16.1 Å². The average molecular weight is 596 g/mol. The lowest BCUT2D eigenvalue weighted by atomic mass is 9.94. The molecule has 1 unspecified atom stereocenters. The van der Waals surface area contributed by atoms with Crippen molar-refractivity contribution in [2.75, 3.05) is 32.8 Å². The molecule has 4 aromatic carbocycles. The van der Waals surface area contributed by atoms with Crippen LogP contribution in [0.1, 0.15) is 35.2 Å². The minimum atomic E-state index is -3.95. The Bertz CT molecular complexity index is 1600. The van der Waals surface area contributed by atoms with E-state index in [1.54, 1.807) is 24.3 Å². The molecule has 222 valence electrons. The molecule has 0 N–H and O–H groups in total. The topological polar surface area (TPSA) is 70.2 Å². The van der Waals surface area contributed by atoms with Gasteiger partial charge in [0.25, 0.3) is 0 Å². The number of piperazine rings is 1. The van der Waals surface area contributed by atoms with Gasteiger partial charge in [0, 0.05) is 32.7 Å². The van der Waals surface area contributed by atoms with Crippen LogP contribution in [0.3, 0.4) is 0 Å². The Balaban J connectivity index is 1.24. The molecule has 0 radical (unpaired) electrons. The minimum Gasteiger partial charge on any atom is -0.494 e. The van der Waals surface area contributed by atoms with Crippen molar-refractivity contribution in [3.8, 4) is 5.75 Å². The van der Waals surface area contributed by atoms with Crippen molar-refractivity contribution in [3.63, 3.8) is 0 Å². The second-order valence-corrected chi connectivity index (χ2v) is 12.9. The van der Waals surface area contributed by atoms with Crippen LogP contribution in [0.2, 0.25) is 0 Å². The fourth-order valence-corrected chi connectivity index (χ4v) is 7.83. The zero-order valence-corrected chi connectivity index (χ0v) is 25.2. The van der Waals surface area contributed by atoms with E-state index in [1.807, 2.05) is 48.2 Å². The van der Waals surface area contributed by atoms with Gasteiger partial charge in [-0.05, 0) is 59.9 Å². The summed E-state index contributed by atoms with van der Waals surface area (Å²) in [5, 5.41) is 0. The number of fused-ring (bicyclic) bond motifs is 1. The SMILES string of the molecule is CCOc1ccc(S(=O)(=O)N2Cc3ccccc3CC2C(=O)N2CCN(C(c3ccccc3)c3ccccc3)CC2)cc1. The number of carbonyl (C=O) groups is 1. The van der Waals surface area contributed by atoms with Gasteiger partial charge in [-0.25, -0.2) is 8.42 Å². The van der Waals surface area contributed by atoms with Crippen molar-refractivity contribution in [2.45, 2.75) is 36.9 Å². The lowest BCUT2D eigenvalue weighted by Crippen LogP contribution is -2.57. The first-order chi connectivity index (χ1) is 21.0. The molecule has 6 rings (SSSR count). The maximum atomic E-state index is 14.2. The van der Waals surface area contributed by atoms with E-state index in [2.05, 4.69) is 53.4 Å². The predicted octanol–water partition coefficient (Wildman–Crippen LogP) is 5.13. The van der Waals surface area contributed by atoms with Gasteiger partial charge < -0.3 is 9.64 Å². The molecule has 2 heterocycles. The van der Waals surface area contributed by atoms with Crippen molar-refractivity contribution in [1.29, 1.82) is 0 Å². The number of ether oxygens (including phenoxy) is 1. The largest absolute Gasteiger partial charge is 0.494 e. The number of rotatable bonds is 8. The Morgan fingerprint density at radius 2 is 1.33 bits per heavy atom. The van der Waals surface area contributed by atoms with E-state index in [0.717, 1.165) is 11.1 Å². The van der Waals surface area contributed by atoms with Crippen molar-refractivity contribution in [2.24, 2.45) is 0 Å². The maximum absolute atomic E-state index is 14.2. The zero-order chi connectivity index (χ0) is 29.8. The van der Waals surface area contributed by atoms with E-state index in [9.17, 15) is 13.2 Å². The quantitative estimate of drug-likeness (QED) is 0.282. The van der Waals surface area contributed by atoms with E-state index >= 15 is 0 Å². The first-order valence-corrected chi connectivity index (χ1v) is 16.3. The highest BCUT2D eigenvalue weighted by Gasteiger charge is 2.42. The van der Waals surface area contributed by atoms with Crippen molar-refractivity contribution >= 4 is 15.9 Å². The van der Waals surface area contributed by atoms with Gasteiger partial charge in [0.05, 0.1) is 17.5 Å². The van der Waals surface area contributed by atoms with Crippen LogP contribution in [-0.4, -0.2) is 67.3 Å². The molecule has 8 heteroatoms. The fourth-order valence-electron chi connectivity index (χ4n) is 6.27. The Morgan fingerprint density at radius 3 is 1.91 bits per heavy atom. The summed E-state index contributed by atoms with van der Waals surface area (Å²) < 4.78 is 35.0. The van der Waals surface area contributed by atoms with Crippen LogP contribution in [0.5, 0.6) is 5.75 Å². The second kappa shape index (κ2) is 12.7. The molecule has 1 atom stereocenters. The molecule has 0 bridgehead atoms. The molecule has 7 nitrogen and oxygen atoms in total. The molecule has 2 aliphatic rings. The first-order valence-electron chi connectivity index (χ1n) is 14.9. The molecule has 1 fully saturated rings. The van der Waals surface area contributed by atoms with Crippen molar-refractivity contribution in [1.82, 2.24) is 14.1 Å². The molecule has 2 aliphatic heterocycles. The Labute approximate surface area is 254 Å². The average Bonchev–Trinajstić information content (AvgIpc) is 3.06. The van der Waals surface area contributed by atoms with Crippen molar-refractivity contribution in [3.05, 3.63) is 131 Å². The molecular weight excluding hydrogens is 558 g/mol. The number of amides is 1. The first kappa shape index (κ1) is 29.1. The van der Waals surface area contributed by atoms with E-state index in [-0.39, 0.29) is 23.4 Å². The van der Waals surface area contributed by atoms with Gasteiger partial charge in [0.1, 0.15) is 11.8 Å². The van der Waals surface area contributed by atoms with E-state index in [1.165, 1.54) is 15.4 Å². The molecule has 43 heavy (non-hydrogen) atoms. The summed E-state index contributed by atoms with van der Waals surface area (Å²) in [6.07, 6.45) is 0.349. The molecular formula is C35H37N3O4S. The molecule has 4 aromatic rings. The Kier molecular flexibility index (Phi) is 8.61. The van der Waals surface area contributed by atoms with E-state index in [0.29, 0.717) is 45.0 Å². The van der Waals surface area contributed by atoms with Crippen LogP contribution in [0, 0.1) is 0 Å². The van der Waals surface area contributed by atoms with Crippen LogP contribution in [0.4, 0.5) is 0 Å². The van der Waals surface area contributed by atoms with Gasteiger partial charge in [0.15, 0.2) is 0 Å². The monoisotopic (exact) mass is 595 g/mol. The van der Waals surface area contributed by atoms with Gasteiger partial charge in [-0.2, -0.15) is 4.31 Å². The molecule has 0 aromatic heterocycles. The number of benzene rings is 4. The van der Waals surface area contributed by atoms with Gasteiger partial charge in [-0.15, -0.1) is 0 Å². The summed E-state index contributed by atoms with van der Waals surface area (Å²) in [6, 6.07) is 34.4. The molecule has 0 aliphatic carbocycles. The highest BCUT2D eigenvalue weighted by atomic mass is 32.2. The third-order valence-electron chi connectivity index (χ3n) is 8.45. The smallest absolute Gasteiger partial charge is 0.244 e. The molecule has 0 spiro atoms. The van der Waals surface area contributed by atoms with Gasteiger partial charge in [0.2, 0.25) is 15.9 Å². The van der Waals surface area contributed by atoms with Gasteiger partial charge in [-0.3, -0.25) is 9.69 Å². The summed E-state index contributed by atoms with van der Waals surface area (Å²) >= 11 is 0. The molecule has 1 amide bonds. The summed E-state index contributed by atoms with van der Waals surface area (Å²) in [5.41, 5.74) is 4.38. The molecule has 0 saturated carbocycles. The maximum Gasteiger partial charge on any atom is 0.244 e. The third kappa shape index (κ3) is 6.09. The van der Waals surface area contributed by atoms with Crippen LogP contribution >= 0.6 is 0 Å². The lowest BCUT2D eigenvalue weighted by Gasteiger charge is -2.42. The van der Waals surface area contributed by atoms with Crippen LogP contribution < -0.4 is 4.74 Å². The standard InChI is InChI=1S/C35H37N3O4S/c1-2-42-31-17-19-32(20-18-31)43(40,41)38-26-30-16-10-9-15-29(30)25-33(38)35(39)37-23-21-36(22-24-37)34(27-11-5-3-6-12-27)28-13-7-4-8-14-28/h3-20,33-34H,2,21-26H2,1H3. The van der Waals surface area contributed by atoms with Crippen LogP contribution in [0.25, 0.3) is 0 Å². The summed E-state index contributed by atoms with van der Waals surface area (Å²) in [5.74, 6) is 0.472. The summed E-state index contributed by atoms with van der Waals surface area (Å²) in [7, 11) is -3.95. The number of carbonyl (C=O) groups excluding carboxylic acids is 1. The molecule has 1 saturated heterocycles. The van der Waals surface area contributed by atoms with Gasteiger partial charge >= 0.3 is 0 Å². The predicted molar refractivity (Wildman–Crippen MR) is 167 cm³/mol. The number of sulfonamides is 1. The fraction of sp³-hybridized carbons (Fsp3) is 0.286. The zero-order valence-electron chi connectivity index (χ0n) is 24.4. The highest BCUT2D eigenvalue weighted by Crippen LogP contribution is 2.33. The van der Waals surface area contributed by atoms with Crippen LogP contribution in [0.15, 0.2) is 114 Å². The number of hydrogen-bond acceptors (Lipinski definition) is 5. The highest BCUT2D eigenvalue weighted by molar-refractivity contribution is 7.89.